The number of nitrogens with one attached hydrogen (secondary N) is 2. The number of urea groups is 1. The van der Waals surface area contributed by atoms with Crippen LogP contribution in [0.15, 0.2) is 36.5 Å². The molecule has 2 aliphatic heterocycles. The summed E-state index contributed by atoms with van der Waals surface area (Å²) in [7, 11) is 0. The first-order valence-corrected chi connectivity index (χ1v) is 10.6. The molecule has 2 saturated heterocycles. The zero-order valence-electron chi connectivity index (χ0n) is 17.5. The van der Waals surface area contributed by atoms with Gasteiger partial charge in [-0.05, 0) is 50.5 Å². The molecule has 0 aromatic carbocycles. The zero-order valence-corrected chi connectivity index (χ0v) is 17.5. The number of anilines is 2. The average molecular weight is 422 g/mol. The molecular weight excluding hydrogens is 396 g/mol. The molecule has 2 fully saturated rings. The largest absolute Gasteiger partial charge is 0.340 e. The monoisotopic (exact) mass is 422 g/mol. The molecule has 0 radical (unpaired) electrons. The summed E-state index contributed by atoms with van der Waals surface area (Å²) in [5, 5.41) is 5.79. The number of hydrogen-bond acceptors (Lipinski definition) is 6. The molecule has 2 N–H and O–H groups in total. The Labute approximate surface area is 180 Å². The van der Waals surface area contributed by atoms with Gasteiger partial charge in [-0.2, -0.15) is 0 Å². The van der Waals surface area contributed by atoms with Gasteiger partial charge in [-0.1, -0.05) is 6.07 Å². The minimum Gasteiger partial charge on any atom is -0.340 e. The molecule has 4 amide bonds. The molecule has 162 valence electrons. The van der Waals surface area contributed by atoms with Gasteiger partial charge < -0.3 is 15.5 Å². The van der Waals surface area contributed by atoms with Crippen LogP contribution in [-0.4, -0.2) is 57.2 Å². The second-order valence-corrected chi connectivity index (χ2v) is 7.81. The predicted octanol–water partition coefficient (Wildman–Crippen LogP) is 2.52. The van der Waals surface area contributed by atoms with Crippen molar-refractivity contribution in [2.45, 2.75) is 38.6 Å². The topological polar surface area (TPSA) is 108 Å². The molecule has 2 aliphatic rings. The Kier molecular flexibility index (Phi) is 6.11. The molecule has 0 saturated carbocycles. The lowest BCUT2D eigenvalue weighted by Gasteiger charge is -2.25. The molecule has 4 heterocycles. The maximum absolute atomic E-state index is 12.9. The van der Waals surface area contributed by atoms with Crippen LogP contribution in [0.25, 0.3) is 0 Å². The summed E-state index contributed by atoms with van der Waals surface area (Å²) in [6.07, 6.45) is 4.25. The summed E-state index contributed by atoms with van der Waals surface area (Å²) >= 11 is 0. The van der Waals surface area contributed by atoms with Gasteiger partial charge in [-0.3, -0.25) is 19.5 Å². The van der Waals surface area contributed by atoms with Gasteiger partial charge in [0.15, 0.2) is 0 Å². The molecule has 0 unspecified atom stereocenters. The molecule has 0 spiro atoms. The lowest BCUT2D eigenvalue weighted by Crippen LogP contribution is -2.34. The standard InChI is InChI=1S/C22H26N6O3/c1-15-12-16(26-19-7-2-3-9-23-19)13-17(25-15)18-6-4-10-27(18)20(29)8-5-11-28-21(30)14-24-22(28)31/h2-3,7,9,12-13,18H,4-6,8,10-11,14H2,1H3,(H,24,31)(H,23,25,26)/t18-/m0/s1. The molecule has 1 atom stereocenters. The molecule has 9 nitrogen and oxygen atoms in total. The van der Waals surface area contributed by atoms with E-state index in [1.54, 1.807) is 6.20 Å². The number of pyridine rings is 2. The van der Waals surface area contributed by atoms with Gasteiger partial charge in [0.05, 0.1) is 18.3 Å². The van der Waals surface area contributed by atoms with Crippen LogP contribution in [0.4, 0.5) is 16.3 Å². The number of carbonyl (C=O) groups excluding carboxylic acids is 3. The van der Waals surface area contributed by atoms with Crippen molar-refractivity contribution in [1.29, 1.82) is 0 Å². The smallest absolute Gasteiger partial charge is 0.324 e. The molecule has 9 heteroatoms. The summed E-state index contributed by atoms with van der Waals surface area (Å²) in [4.78, 5) is 48.2. The van der Waals surface area contributed by atoms with E-state index in [1.165, 1.54) is 4.90 Å². The van der Waals surface area contributed by atoms with Crippen LogP contribution in [0.3, 0.4) is 0 Å². The van der Waals surface area contributed by atoms with Gasteiger partial charge in [0.1, 0.15) is 5.82 Å². The number of likely N-dealkylation sites (tertiary alicyclic amines) is 1. The van der Waals surface area contributed by atoms with Crippen LogP contribution >= 0.6 is 0 Å². The fourth-order valence-corrected chi connectivity index (χ4v) is 4.11. The van der Waals surface area contributed by atoms with Gasteiger partial charge in [0.25, 0.3) is 0 Å². The van der Waals surface area contributed by atoms with Crippen molar-refractivity contribution in [3.8, 4) is 0 Å². The van der Waals surface area contributed by atoms with E-state index in [-0.39, 0.29) is 37.0 Å². The normalized spacial score (nSPS) is 18.4. The Morgan fingerprint density at radius 3 is 2.90 bits per heavy atom. The first-order valence-electron chi connectivity index (χ1n) is 10.6. The maximum Gasteiger partial charge on any atom is 0.324 e. The highest BCUT2D eigenvalue weighted by Gasteiger charge is 2.32. The van der Waals surface area contributed by atoms with Crippen LogP contribution in [0.5, 0.6) is 0 Å². The van der Waals surface area contributed by atoms with E-state index in [9.17, 15) is 14.4 Å². The van der Waals surface area contributed by atoms with Gasteiger partial charge in [0.2, 0.25) is 11.8 Å². The molecular formula is C22H26N6O3. The quantitative estimate of drug-likeness (QED) is 0.664. The average Bonchev–Trinajstić information content (AvgIpc) is 3.36. The van der Waals surface area contributed by atoms with Gasteiger partial charge >= 0.3 is 6.03 Å². The number of nitrogens with zero attached hydrogens (tertiary/aromatic N) is 4. The van der Waals surface area contributed by atoms with Crippen molar-refractivity contribution in [3.05, 3.63) is 47.9 Å². The van der Waals surface area contributed by atoms with Crippen LogP contribution in [0.1, 0.15) is 43.1 Å². The number of amides is 4. The summed E-state index contributed by atoms with van der Waals surface area (Å²) in [5.74, 6) is 0.532. The lowest BCUT2D eigenvalue weighted by atomic mass is 10.1. The second-order valence-electron chi connectivity index (χ2n) is 7.81. The molecule has 0 bridgehead atoms. The van der Waals surface area contributed by atoms with Crippen molar-refractivity contribution in [2.75, 3.05) is 25.0 Å². The summed E-state index contributed by atoms with van der Waals surface area (Å²) in [5.41, 5.74) is 2.62. The maximum atomic E-state index is 12.9. The van der Waals surface area contributed by atoms with E-state index in [0.29, 0.717) is 19.4 Å². The first-order chi connectivity index (χ1) is 15.0. The van der Waals surface area contributed by atoms with Gasteiger partial charge in [-0.15, -0.1) is 0 Å². The minimum absolute atomic E-state index is 0.0251. The number of hydrogen-bond donors (Lipinski definition) is 2. The lowest BCUT2D eigenvalue weighted by molar-refractivity contribution is -0.133. The fraction of sp³-hybridized carbons (Fsp3) is 0.409. The minimum atomic E-state index is -0.381. The second kappa shape index (κ2) is 9.11. The highest BCUT2D eigenvalue weighted by atomic mass is 16.2. The molecule has 2 aromatic heterocycles. The zero-order chi connectivity index (χ0) is 21.8. The summed E-state index contributed by atoms with van der Waals surface area (Å²) in [6.45, 7) is 2.92. The van der Waals surface area contributed by atoms with E-state index in [0.717, 1.165) is 35.7 Å². The van der Waals surface area contributed by atoms with Crippen molar-refractivity contribution >= 4 is 29.4 Å². The Morgan fingerprint density at radius 1 is 1.29 bits per heavy atom. The van der Waals surface area contributed by atoms with Gasteiger partial charge in [0, 0.05) is 37.1 Å². The number of rotatable bonds is 7. The number of aromatic nitrogens is 2. The Balaban J connectivity index is 1.41. The Hall–Kier alpha value is -3.49. The molecule has 4 rings (SSSR count). The van der Waals surface area contributed by atoms with E-state index in [4.69, 9.17) is 4.98 Å². The summed E-state index contributed by atoms with van der Waals surface area (Å²) in [6, 6.07) is 9.15. The van der Waals surface area contributed by atoms with Gasteiger partial charge in [-0.25, -0.2) is 9.78 Å². The third-order valence-electron chi connectivity index (χ3n) is 5.53. The fourth-order valence-electron chi connectivity index (χ4n) is 4.11. The van der Waals surface area contributed by atoms with Crippen LogP contribution < -0.4 is 10.6 Å². The molecule has 2 aromatic rings. The van der Waals surface area contributed by atoms with Crippen LogP contribution in [-0.2, 0) is 9.59 Å². The van der Waals surface area contributed by atoms with Crippen LogP contribution in [0, 0.1) is 6.92 Å². The summed E-state index contributed by atoms with van der Waals surface area (Å²) < 4.78 is 0. The molecule has 0 aliphatic carbocycles. The van der Waals surface area contributed by atoms with E-state index in [2.05, 4.69) is 15.6 Å². The van der Waals surface area contributed by atoms with Crippen molar-refractivity contribution < 1.29 is 14.4 Å². The van der Waals surface area contributed by atoms with E-state index >= 15 is 0 Å². The Bertz CT molecular complexity index is 964. The number of imide groups is 1. The van der Waals surface area contributed by atoms with E-state index < -0.39 is 0 Å². The Morgan fingerprint density at radius 2 is 2.16 bits per heavy atom. The molecule has 31 heavy (non-hydrogen) atoms. The number of carbonyl (C=O) groups is 3. The highest BCUT2D eigenvalue weighted by molar-refractivity contribution is 6.01. The SMILES string of the molecule is Cc1cc(Nc2ccccn2)cc([C@@H]2CCCN2C(=O)CCCN2C(=O)CNC2=O)n1. The van der Waals surface area contributed by atoms with Crippen molar-refractivity contribution in [1.82, 2.24) is 25.1 Å². The third kappa shape index (κ3) is 4.82. The third-order valence-corrected chi connectivity index (χ3v) is 5.53. The number of aryl methyl sites for hydroxylation is 1. The highest BCUT2D eigenvalue weighted by Crippen LogP contribution is 2.33. The van der Waals surface area contributed by atoms with Crippen LogP contribution in [0.2, 0.25) is 0 Å². The van der Waals surface area contributed by atoms with E-state index in [1.807, 2.05) is 42.2 Å². The van der Waals surface area contributed by atoms with Crippen molar-refractivity contribution in [3.63, 3.8) is 0 Å². The van der Waals surface area contributed by atoms with Crippen molar-refractivity contribution in [2.24, 2.45) is 0 Å². The predicted molar refractivity (Wildman–Crippen MR) is 115 cm³/mol. The first kappa shape index (κ1) is 20.8.